The second-order valence-electron chi connectivity index (χ2n) is 1.07. The number of halogens is 3. The molecule has 0 amide bonds. The first-order valence-electron chi connectivity index (χ1n) is 1.86. The molecule has 0 saturated heterocycles. The minimum atomic E-state index is -1.03. The Balaban J connectivity index is 3.50. The summed E-state index contributed by atoms with van der Waals surface area (Å²) >= 11 is 18.9. The van der Waals surface area contributed by atoms with E-state index in [-0.39, 0.29) is 0 Å². The molecule has 6 heteroatoms. The fraction of sp³-hybridized carbons (Fsp3) is 0.667. The van der Waals surface area contributed by atoms with Gasteiger partial charge in [-0.3, -0.25) is 0 Å². The summed E-state index contributed by atoms with van der Waals surface area (Å²) in [6.45, 7) is 0. The fourth-order valence-corrected chi connectivity index (χ4v) is 0.507. The molecule has 0 spiro atoms. The minimum absolute atomic E-state index is 0.804. The van der Waals surface area contributed by atoms with Crippen molar-refractivity contribution in [3.63, 3.8) is 0 Å². The van der Waals surface area contributed by atoms with Gasteiger partial charge >= 0.3 is 5.30 Å². The Morgan fingerprint density at radius 1 is 1.44 bits per heavy atom. The van der Waals surface area contributed by atoms with E-state index in [0.717, 1.165) is 0 Å². The van der Waals surface area contributed by atoms with E-state index in [1.54, 1.807) is 0 Å². The molecule has 0 aromatic carbocycles. The highest BCUT2D eigenvalue weighted by molar-refractivity contribution is 7.96. The van der Waals surface area contributed by atoms with Gasteiger partial charge in [0.2, 0.25) is 5.56 Å². The zero-order valence-corrected chi connectivity index (χ0v) is 7.21. The average molecular weight is 209 g/mol. The monoisotopic (exact) mass is 208 g/mol. The van der Waals surface area contributed by atoms with Crippen molar-refractivity contribution in [2.75, 3.05) is 0 Å². The van der Waals surface area contributed by atoms with E-state index in [9.17, 15) is 4.79 Å². The Morgan fingerprint density at radius 3 is 2.00 bits per heavy atom. The predicted molar refractivity (Wildman–Crippen MR) is 40.6 cm³/mol. The Morgan fingerprint density at radius 2 is 1.89 bits per heavy atom. The third-order valence-electron chi connectivity index (χ3n) is 0.412. The molecular formula is C3H3Cl3O2S. The van der Waals surface area contributed by atoms with Gasteiger partial charge in [0, 0.05) is 0 Å². The van der Waals surface area contributed by atoms with Crippen LogP contribution in [0.15, 0.2) is 0 Å². The average Bonchev–Trinajstić information content (AvgIpc) is 1.63. The van der Waals surface area contributed by atoms with E-state index in [1.165, 1.54) is 0 Å². The van der Waals surface area contributed by atoms with E-state index in [0.29, 0.717) is 0 Å². The van der Waals surface area contributed by atoms with Crippen molar-refractivity contribution in [2.24, 2.45) is 0 Å². The summed E-state index contributed by atoms with van der Waals surface area (Å²) in [6, 6.07) is 0. The summed E-state index contributed by atoms with van der Waals surface area (Å²) < 4.78 is 4.24. The van der Waals surface area contributed by atoms with Crippen LogP contribution in [0, 0.1) is 0 Å². The lowest BCUT2D eigenvalue weighted by Gasteiger charge is -2.07. The smallest absolute Gasteiger partial charge is 0.365 e. The van der Waals surface area contributed by atoms with Crippen molar-refractivity contribution in [1.82, 2.24) is 0 Å². The molecule has 0 heterocycles. The topological polar surface area (TPSA) is 26.3 Å². The van der Waals surface area contributed by atoms with Gasteiger partial charge in [-0.1, -0.05) is 47.4 Å². The lowest BCUT2D eigenvalue weighted by atomic mass is 10.8. The lowest BCUT2D eigenvalue weighted by Crippen LogP contribution is -2.14. The number of carbonyl (C=O) groups excluding carboxylic acids is 1. The molecule has 0 fully saturated rings. The van der Waals surface area contributed by atoms with Gasteiger partial charge in [-0.2, -0.15) is 0 Å². The molecule has 0 aliphatic carbocycles. The van der Waals surface area contributed by atoms with Gasteiger partial charge < -0.3 is 4.74 Å². The van der Waals surface area contributed by atoms with Crippen LogP contribution in [0.4, 0.5) is 4.79 Å². The molecule has 0 saturated carbocycles. The van der Waals surface area contributed by atoms with Crippen molar-refractivity contribution < 1.29 is 9.53 Å². The number of ether oxygens (including phenoxy) is 1. The second kappa shape index (κ2) is 4.50. The largest absolute Gasteiger partial charge is 0.435 e. The molecule has 0 N–H and O–H groups in total. The van der Waals surface area contributed by atoms with Crippen LogP contribution in [0.3, 0.4) is 0 Å². The first-order valence-corrected chi connectivity index (χ1v) is 3.61. The van der Waals surface area contributed by atoms with E-state index in [2.05, 4.69) is 17.4 Å². The van der Waals surface area contributed by atoms with Crippen LogP contribution in [-0.4, -0.2) is 15.7 Å². The molecule has 54 valence electrons. The van der Waals surface area contributed by atoms with Crippen LogP contribution in [0.5, 0.6) is 0 Å². The summed E-state index contributed by atoms with van der Waals surface area (Å²) in [6.07, 6.45) is 0. The van der Waals surface area contributed by atoms with Gasteiger partial charge in [-0.25, -0.2) is 4.79 Å². The van der Waals surface area contributed by atoms with Gasteiger partial charge in [-0.05, 0) is 0 Å². The number of alkyl halides is 3. The number of hydrogen-bond acceptors (Lipinski definition) is 2. The highest BCUT2D eigenvalue weighted by atomic mass is 35.5. The number of rotatable bonds is 2. The summed E-state index contributed by atoms with van der Waals surface area (Å²) in [5, 5.41) is -0.804. The summed E-state index contributed by atoms with van der Waals surface area (Å²) in [5.74, 6) is 0. The minimum Gasteiger partial charge on any atom is -0.435 e. The quantitative estimate of drug-likeness (QED) is 0.429. The molecule has 0 bridgehead atoms. The normalized spacial score (nSPS) is 13.4. The molecule has 9 heavy (non-hydrogen) atoms. The van der Waals surface area contributed by atoms with E-state index in [4.69, 9.17) is 34.8 Å². The summed E-state index contributed by atoms with van der Waals surface area (Å²) in [5.41, 5.74) is -1.03. The van der Waals surface area contributed by atoms with Crippen LogP contribution in [0.25, 0.3) is 0 Å². The van der Waals surface area contributed by atoms with Crippen molar-refractivity contribution >= 4 is 52.7 Å². The number of hydrogen-bond donors (Lipinski definition) is 1. The molecule has 2 nitrogen and oxygen atoms in total. The Labute approximate surface area is 72.8 Å². The zero-order chi connectivity index (χ0) is 7.44. The van der Waals surface area contributed by atoms with Crippen LogP contribution in [0.1, 0.15) is 0 Å². The lowest BCUT2D eigenvalue weighted by molar-refractivity contribution is 0.166. The maximum absolute atomic E-state index is 10.00. The third-order valence-corrected chi connectivity index (χ3v) is 1.57. The van der Waals surface area contributed by atoms with Crippen molar-refractivity contribution in [1.29, 1.82) is 0 Å². The first kappa shape index (κ1) is 9.69. The Kier molecular flexibility index (Phi) is 4.84. The van der Waals surface area contributed by atoms with E-state index < -0.39 is 15.7 Å². The highest BCUT2D eigenvalue weighted by Gasteiger charge is 2.15. The van der Waals surface area contributed by atoms with Gasteiger partial charge in [-0.15, -0.1) is 0 Å². The maximum Gasteiger partial charge on any atom is 0.365 e. The highest BCUT2D eigenvalue weighted by Crippen LogP contribution is 2.15. The molecule has 0 radical (unpaired) electrons. The first-order chi connectivity index (χ1) is 4.04. The van der Waals surface area contributed by atoms with E-state index in [1.807, 2.05) is 0 Å². The van der Waals surface area contributed by atoms with Crippen molar-refractivity contribution in [3.05, 3.63) is 0 Å². The van der Waals surface area contributed by atoms with Gasteiger partial charge in [0.25, 0.3) is 0 Å². The Bertz CT molecular complexity index is 107. The Hall–Kier alpha value is 0.690. The molecule has 0 aromatic heterocycles. The molecule has 0 aliphatic rings. The second-order valence-corrected chi connectivity index (χ2v) is 3.03. The standard InChI is InChI=1S/C3H3Cl3O2S/c4-1(5)2(6)8-3(7)9/h1-2H,(H,7,9). The molecular weight excluding hydrogens is 206 g/mol. The van der Waals surface area contributed by atoms with Gasteiger partial charge in [0.05, 0.1) is 0 Å². The molecule has 0 aliphatic heterocycles. The van der Waals surface area contributed by atoms with Crippen molar-refractivity contribution in [3.8, 4) is 0 Å². The fourth-order valence-electron chi connectivity index (χ4n) is 0.148. The zero-order valence-electron chi connectivity index (χ0n) is 4.05. The van der Waals surface area contributed by atoms with E-state index >= 15 is 0 Å². The summed E-state index contributed by atoms with van der Waals surface area (Å²) in [4.78, 5) is 9.07. The van der Waals surface area contributed by atoms with Gasteiger partial charge in [0.1, 0.15) is 0 Å². The van der Waals surface area contributed by atoms with Crippen molar-refractivity contribution in [2.45, 2.75) is 10.4 Å². The predicted octanol–water partition coefficient (Wildman–Crippen LogP) is 2.42. The maximum atomic E-state index is 10.00. The van der Waals surface area contributed by atoms with Crippen LogP contribution in [-0.2, 0) is 4.74 Å². The van der Waals surface area contributed by atoms with Crippen LogP contribution >= 0.6 is 47.4 Å². The molecule has 0 aromatic rings. The third kappa shape index (κ3) is 5.15. The summed E-state index contributed by atoms with van der Waals surface area (Å²) in [7, 11) is 0. The number of thiol groups is 1. The molecule has 1 unspecified atom stereocenters. The van der Waals surface area contributed by atoms with Crippen LogP contribution in [0.2, 0.25) is 0 Å². The molecule has 0 rings (SSSR count). The number of carbonyl (C=O) groups is 1. The SMILES string of the molecule is O=C(S)OC(Cl)C(Cl)Cl. The van der Waals surface area contributed by atoms with Gasteiger partial charge in [0.15, 0.2) is 4.84 Å². The molecule has 1 atom stereocenters. The van der Waals surface area contributed by atoms with Crippen LogP contribution < -0.4 is 0 Å².